The molecular weight excluding hydrogens is 352 g/mol. The zero-order valence-corrected chi connectivity index (χ0v) is 15.6. The summed E-state index contributed by atoms with van der Waals surface area (Å²) in [6.07, 6.45) is 1.24. The van der Waals surface area contributed by atoms with Gasteiger partial charge in [-0.2, -0.15) is 5.10 Å². The Morgan fingerprint density at radius 3 is 2.84 bits per heavy atom. The van der Waals surface area contributed by atoms with Gasteiger partial charge in [-0.3, -0.25) is 14.5 Å². The normalized spacial score (nSPS) is 10.8. The van der Waals surface area contributed by atoms with Gasteiger partial charge in [0, 0.05) is 30.0 Å². The molecule has 0 aliphatic rings. The van der Waals surface area contributed by atoms with Gasteiger partial charge in [-0.1, -0.05) is 35.9 Å². The van der Waals surface area contributed by atoms with E-state index in [1.165, 1.54) is 10.4 Å². The van der Waals surface area contributed by atoms with Crippen LogP contribution in [0.1, 0.15) is 16.9 Å². The highest BCUT2D eigenvalue weighted by Gasteiger charge is 2.10. The maximum Gasteiger partial charge on any atom is 0.221 e. The van der Waals surface area contributed by atoms with E-state index < -0.39 is 0 Å². The Balaban J connectivity index is 1.57. The van der Waals surface area contributed by atoms with Gasteiger partial charge in [0.1, 0.15) is 0 Å². The van der Waals surface area contributed by atoms with E-state index in [0.29, 0.717) is 24.3 Å². The van der Waals surface area contributed by atoms with E-state index >= 15 is 0 Å². The van der Waals surface area contributed by atoms with E-state index in [0.717, 1.165) is 17.8 Å². The average molecular weight is 373 g/mol. The molecular formula is C18H20N4OS2. The number of amides is 1. The van der Waals surface area contributed by atoms with E-state index in [9.17, 15) is 4.79 Å². The van der Waals surface area contributed by atoms with Gasteiger partial charge in [-0.05, 0) is 37.0 Å². The third-order valence-electron chi connectivity index (χ3n) is 3.90. The van der Waals surface area contributed by atoms with Crippen molar-refractivity contribution in [2.45, 2.75) is 26.3 Å². The molecule has 7 heteroatoms. The summed E-state index contributed by atoms with van der Waals surface area (Å²) in [5.41, 5.74) is 2.17. The zero-order chi connectivity index (χ0) is 17.6. The minimum atomic E-state index is 0.0227. The SMILES string of the molecule is Cc1ccc(-c2n[nH]c(=S)n2CCC(=O)NCCc2cccs2)cc1. The second kappa shape index (κ2) is 8.22. The fraction of sp³-hybridized carbons (Fsp3) is 0.278. The van der Waals surface area contributed by atoms with Crippen molar-refractivity contribution in [3.8, 4) is 11.4 Å². The molecule has 1 aromatic carbocycles. The lowest BCUT2D eigenvalue weighted by atomic mass is 10.1. The Morgan fingerprint density at radius 1 is 1.32 bits per heavy atom. The second-order valence-corrected chi connectivity index (χ2v) is 7.22. The van der Waals surface area contributed by atoms with Gasteiger partial charge in [-0.15, -0.1) is 11.3 Å². The Bertz CT molecular complexity index is 879. The molecule has 0 unspecified atom stereocenters. The molecule has 25 heavy (non-hydrogen) atoms. The quantitative estimate of drug-likeness (QED) is 0.621. The first kappa shape index (κ1) is 17.6. The second-order valence-electron chi connectivity index (χ2n) is 5.80. The molecule has 130 valence electrons. The Hall–Kier alpha value is -2.25. The molecule has 0 aliphatic heterocycles. The van der Waals surface area contributed by atoms with Crippen molar-refractivity contribution in [1.29, 1.82) is 0 Å². The standard InChI is InChI=1S/C18H20N4OS2/c1-13-4-6-14(7-5-13)17-20-21-18(24)22(17)11-9-16(23)19-10-8-15-3-2-12-25-15/h2-7,12H,8-11H2,1H3,(H,19,23)(H,21,24). The monoisotopic (exact) mass is 372 g/mol. The van der Waals surface area contributed by atoms with Gasteiger partial charge in [0.05, 0.1) is 0 Å². The number of carbonyl (C=O) groups is 1. The summed E-state index contributed by atoms with van der Waals surface area (Å²) in [5.74, 6) is 0.783. The van der Waals surface area contributed by atoms with Crippen LogP contribution >= 0.6 is 23.6 Å². The molecule has 0 spiro atoms. The minimum absolute atomic E-state index is 0.0227. The molecule has 1 amide bonds. The smallest absolute Gasteiger partial charge is 0.221 e. The van der Waals surface area contributed by atoms with E-state index in [-0.39, 0.29) is 5.91 Å². The number of thiophene rings is 1. The number of hydrogen-bond donors (Lipinski definition) is 2. The van der Waals surface area contributed by atoms with Crippen molar-refractivity contribution >= 4 is 29.5 Å². The molecule has 0 radical (unpaired) electrons. The van der Waals surface area contributed by atoms with E-state index in [2.05, 4.69) is 21.6 Å². The summed E-state index contributed by atoms with van der Waals surface area (Å²) in [4.78, 5) is 13.4. The number of benzene rings is 1. The minimum Gasteiger partial charge on any atom is -0.356 e. The summed E-state index contributed by atoms with van der Waals surface area (Å²) >= 11 is 7.01. The van der Waals surface area contributed by atoms with E-state index in [4.69, 9.17) is 12.2 Å². The van der Waals surface area contributed by atoms with Crippen LogP contribution in [0.4, 0.5) is 0 Å². The van der Waals surface area contributed by atoms with Crippen molar-refractivity contribution < 1.29 is 4.79 Å². The van der Waals surface area contributed by atoms with Crippen molar-refractivity contribution in [3.63, 3.8) is 0 Å². The average Bonchev–Trinajstić information content (AvgIpc) is 3.24. The van der Waals surface area contributed by atoms with Crippen LogP contribution in [0.15, 0.2) is 41.8 Å². The van der Waals surface area contributed by atoms with Crippen molar-refractivity contribution in [2.24, 2.45) is 0 Å². The highest BCUT2D eigenvalue weighted by molar-refractivity contribution is 7.71. The molecule has 2 heterocycles. The molecule has 0 saturated heterocycles. The molecule has 5 nitrogen and oxygen atoms in total. The van der Waals surface area contributed by atoms with Crippen LogP contribution in [0.5, 0.6) is 0 Å². The molecule has 2 N–H and O–H groups in total. The van der Waals surface area contributed by atoms with Crippen molar-refractivity contribution in [3.05, 3.63) is 57.0 Å². The number of aromatic amines is 1. The van der Waals surface area contributed by atoms with Crippen LogP contribution in [-0.4, -0.2) is 27.2 Å². The lowest BCUT2D eigenvalue weighted by molar-refractivity contribution is -0.121. The van der Waals surface area contributed by atoms with Crippen LogP contribution < -0.4 is 5.32 Å². The number of rotatable bonds is 7. The van der Waals surface area contributed by atoms with Crippen LogP contribution in [0, 0.1) is 11.7 Å². The molecule has 0 bridgehead atoms. The highest BCUT2D eigenvalue weighted by Crippen LogP contribution is 2.18. The number of aromatic nitrogens is 3. The molecule has 0 saturated carbocycles. The van der Waals surface area contributed by atoms with E-state index in [1.54, 1.807) is 11.3 Å². The summed E-state index contributed by atoms with van der Waals surface area (Å²) in [7, 11) is 0. The molecule has 3 rings (SSSR count). The fourth-order valence-electron chi connectivity index (χ4n) is 2.53. The molecule has 2 aromatic heterocycles. The van der Waals surface area contributed by atoms with Gasteiger partial charge in [0.2, 0.25) is 5.91 Å². The first-order valence-corrected chi connectivity index (χ1v) is 9.43. The third kappa shape index (κ3) is 4.64. The number of H-pyrrole nitrogens is 1. The maximum atomic E-state index is 12.1. The molecule has 0 aliphatic carbocycles. The highest BCUT2D eigenvalue weighted by atomic mass is 32.1. The van der Waals surface area contributed by atoms with Gasteiger partial charge in [0.25, 0.3) is 0 Å². The third-order valence-corrected chi connectivity index (χ3v) is 5.15. The zero-order valence-electron chi connectivity index (χ0n) is 14.0. The largest absolute Gasteiger partial charge is 0.356 e. The van der Waals surface area contributed by atoms with Crippen LogP contribution in [0.25, 0.3) is 11.4 Å². The Labute approximate surface area is 155 Å². The van der Waals surface area contributed by atoms with Gasteiger partial charge < -0.3 is 5.32 Å². The van der Waals surface area contributed by atoms with Gasteiger partial charge in [-0.25, -0.2) is 0 Å². The predicted molar refractivity (Wildman–Crippen MR) is 103 cm³/mol. The van der Waals surface area contributed by atoms with Crippen LogP contribution in [0.3, 0.4) is 0 Å². The molecule has 0 fully saturated rings. The van der Waals surface area contributed by atoms with E-state index in [1.807, 2.05) is 47.2 Å². The maximum absolute atomic E-state index is 12.1. The van der Waals surface area contributed by atoms with Gasteiger partial charge >= 0.3 is 0 Å². The number of nitrogens with one attached hydrogen (secondary N) is 2. The topological polar surface area (TPSA) is 62.7 Å². The van der Waals surface area contributed by atoms with Gasteiger partial charge in [0.15, 0.2) is 10.6 Å². The summed E-state index contributed by atoms with van der Waals surface area (Å²) in [5, 5.41) is 12.1. The molecule has 0 atom stereocenters. The summed E-state index contributed by atoms with van der Waals surface area (Å²) in [6, 6.07) is 12.2. The first-order chi connectivity index (χ1) is 12.1. The van der Waals surface area contributed by atoms with Crippen molar-refractivity contribution in [2.75, 3.05) is 6.54 Å². The Kier molecular flexibility index (Phi) is 5.78. The fourth-order valence-corrected chi connectivity index (χ4v) is 3.46. The number of nitrogens with zero attached hydrogens (tertiary/aromatic N) is 2. The lowest BCUT2D eigenvalue weighted by Gasteiger charge is -2.08. The summed E-state index contributed by atoms with van der Waals surface area (Å²) < 4.78 is 2.40. The number of aryl methyl sites for hydroxylation is 1. The molecule has 3 aromatic rings. The van der Waals surface area contributed by atoms with Crippen molar-refractivity contribution in [1.82, 2.24) is 20.1 Å². The summed E-state index contributed by atoms with van der Waals surface area (Å²) in [6.45, 7) is 3.20. The van der Waals surface area contributed by atoms with Crippen LogP contribution in [-0.2, 0) is 17.8 Å². The number of hydrogen-bond acceptors (Lipinski definition) is 4. The lowest BCUT2D eigenvalue weighted by Crippen LogP contribution is -2.26. The van der Waals surface area contributed by atoms with Crippen LogP contribution in [0.2, 0.25) is 0 Å². The first-order valence-electron chi connectivity index (χ1n) is 8.15. The number of carbonyl (C=O) groups excluding carboxylic acids is 1. The Morgan fingerprint density at radius 2 is 2.12 bits per heavy atom. The predicted octanol–water partition coefficient (Wildman–Crippen LogP) is 3.73.